The Morgan fingerprint density at radius 1 is 1.03 bits per heavy atom. The third-order valence-electron chi connectivity index (χ3n) is 5.25. The smallest absolute Gasteiger partial charge is 0.335 e. The quantitative estimate of drug-likeness (QED) is 0.399. The van der Waals surface area contributed by atoms with Gasteiger partial charge >= 0.3 is 6.03 Å². The highest BCUT2D eigenvalue weighted by molar-refractivity contribution is 6.39. The SMILES string of the molecule is COc1cc(/C=C2\C(=O)NC(=O)N(c3cccc(F)c3)C2=O)ccc1OCc1ccc(C(=O)[O-])cc1. The minimum Gasteiger partial charge on any atom is -0.545 e. The van der Waals surface area contributed by atoms with E-state index in [0.717, 1.165) is 12.1 Å². The largest absolute Gasteiger partial charge is 0.545 e. The van der Waals surface area contributed by atoms with Crippen LogP contribution in [0.1, 0.15) is 21.5 Å². The van der Waals surface area contributed by atoms with Gasteiger partial charge in [-0.2, -0.15) is 0 Å². The highest BCUT2D eigenvalue weighted by Gasteiger charge is 2.37. The zero-order valence-electron chi connectivity index (χ0n) is 18.8. The van der Waals surface area contributed by atoms with Crippen molar-refractivity contribution in [1.29, 1.82) is 0 Å². The number of carboxylic acids is 1. The summed E-state index contributed by atoms with van der Waals surface area (Å²) in [6, 6.07) is 14.6. The number of ether oxygens (including phenoxy) is 2. The van der Waals surface area contributed by atoms with E-state index < -0.39 is 29.6 Å². The van der Waals surface area contributed by atoms with Crippen molar-refractivity contribution in [2.24, 2.45) is 0 Å². The average molecular weight is 489 g/mol. The first kappa shape index (κ1) is 24.1. The summed E-state index contributed by atoms with van der Waals surface area (Å²) in [7, 11) is 1.41. The van der Waals surface area contributed by atoms with Gasteiger partial charge in [-0.05, 0) is 53.1 Å². The van der Waals surface area contributed by atoms with Crippen LogP contribution in [0.4, 0.5) is 14.9 Å². The Kier molecular flexibility index (Phi) is 6.77. The molecule has 182 valence electrons. The number of barbiturate groups is 1. The molecular weight excluding hydrogens is 471 g/mol. The Morgan fingerprint density at radius 3 is 2.44 bits per heavy atom. The second kappa shape index (κ2) is 10.1. The average Bonchev–Trinajstić information content (AvgIpc) is 2.85. The van der Waals surface area contributed by atoms with Crippen LogP contribution in [-0.4, -0.2) is 30.9 Å². The Labute approximate surface area is 204 Å². The lowest BCUT2D eigenvalue weighted by Gasteiger charge is -2.26. The predicted molar refractivity (Wildman–Crippen MR) is 124 cm³/mol. The van der Waals surface area contributed by atoms with Crippen molar-refractivity contribution in [3.63, 3.8) is 0 Å². The lowest BCUT2D eigenvalue weighted by atomic mass is 10.1. The van der Waals surface area contributed by atoms with Gasteiger partial charge in [-0.3, -0.25) is 14.9 Å². The van der Waals surface area contributed by atoms with E-state index >= 15 is 0 Å². The van der Waals surface area contributed by atoms with E-state index in [9.17, 15) is 28.7 Å². The lowest BCUT2D eigenvalue weighted by molar-refractivity contribution is -0.255. The molecular formula is C26H18FN2O7-. The molecule has 1 aliphatic rings. The highest BCUT2D eigenvalue weighted by Crippen LogP contribution is 2.30. The molecule has 36 heavy (non-hydrogen) atoms. The van der Waals surface area contributed by atoms with E-state index in [0.29, 0.717) is 27.5 Å². The molecule has 3 aromatic rings. The molecule has 0 unspecified atom stereocenters. The van der Waals surface area contributed by atoms with Gasteiger partial charge in [0.25, 0.3) is 11.8 Å². The molecule has 1 heterocycles. The summed E-state index contributed by atoms with van der Waals surface area (Å²) in [5.41, 5.74) is 0.810. The number of imide groups is 2. The number of rotatable bonds is 7. The number of aromatic carboxylic acids is 1. The zero-order valence-corrected chi connectivity index (χ0v) is 18.8. The molecule has 1 aliphatic heterocycles. The fourth-order valence-electron chi connectivity index (χ4n) is 3.47. The zero-order chi connectivity index (χ0) is 25.8. The van der Waals surface area contributed by atoms with Gasteiger partial charge < -0.3 is 19.4 Å². The Balaban J connectivity index is 1.56. The fourth-order valence-corrected chi connectivity index (χ4v) is 3.47. The number of nitrogens with one attached hydrogen (secondary N) is 1. The van der Waals surface area contributed by atoms with Crippen molar-refractivity contribution in [1.82, 2.24) is 5.32 Å². The topological polar surface area (TPSA) is 125 Å². The first-order valence-corrected chi connectivity index (χ1v) is 10.5. The first-order chi connectivity index (χ1) is 17.3. The second-order valence-corrected chi connectivity index (χ2v) is 7.62. The molecule has 3 aromatic carbocycles. The number of methoxy groups -OCH3 is 1. The third kappa shape index (κ3) is 5.07. The van der Waals surface area contributed by atoms with Crippen LogP contribution in [0.25, 0.3) is 6.08 Å². The first-order valence-electron chi connectivity index (χ1n) is 10.5. The van der Waals surface area contributed by atoms with Crippen LogP contribution in [-0.2, 0) is 16.2 Å². The number of urea groups is 1. The maximum absolute atomic E-state index is 13.6. The predicted octanol–water partition coefficient (Wildman–Crippen LogP) is 2.44. The van der Waals surface area contributed by atoms with Gasteiger partial charge in [0.15, 0.2) is 11.5 Å². The molecule has 0 aliphatic carbocycles. The molecule has 1 fully saturated rings. The number of hydrogen-bond donors (Lipinski definition) is 1. The minimum absolute atomic E-state index is 0.0233. The van der Waals surface area contributed by atoms with E-state index in [1.54, 1.807) is 24.3 Å². The molecule has 0 atom stereocenters. The third-order valence-corrected chi connectivity index (χ3v) is 5.25. The number of nitrogens with zero attached hydrogens (tertiary/aromatic N) is 1. The molecule has 0 aromatic heterocycles. The highest BCUT2D eigenvalue weighted by atomic mass is 19.1. The van der Waals surface area contributed by atoms with Gasteiger partial charge in [-0.15, -0.1) is 0 Å². The van der Waals surface area contributed by atoms with Crippen molar-refractivity contribution in [2.75, 3.05) is 12.0 Å². The van der Waals surface area contributed by atoms with Crippen LogP contribution in [0.3, 0.4) is 0 Å². The van der Waals surface area contributed by atoms with E-state index in [1.165, 1.54) is 43.5 Å². The number of carbonyl (C=O) groups excluding carboxylic acids is 4. The monoisotopic (exact) mass is 489 g/mol. The Morgan fingerprint density at radius 2 is 1.78 bits per heavy atom. The number of carboxylic acid groups (broad SMARTS) is 1. The molecule has 4 rings (SSSR count). The Hall–Kier alpha value is -4.99. The van der Waals surface area contributed by atoms with Crippen LogP contribution in [0.5, 0.6) is 11.5 Å². The standard InChI is InChI=1S/C26H19FN2O7/c1-35-22-12-16(7-10-21(22)36-14-15-5-8-17(9-6-15)25(32)33)11-20-23(30)28-26(34)29(24(20)31)19-4-2-3-18(27)13-19/h2-13H,14H2,1H3,(H,32,33)(H,28,30,34)/p-1/b20-11+. The van der Waals surface area contributed by atoms with Crippen LogP contribution in [0, 0.1) is 5.82 Å². The van der Waals surface area contributed by atoms with Gasteiger partial charge in [0.1, 0.15) is 18.0 Å². The normalized spacial score (nSPS) is 14.6. The lowest BCUT2D eigenvalue weighted by Crippen LogP contribution is -2.54. The fraction of sp³-hybridized carbons (Fsp3) is 0.0769. The van der Waals surface area contributed by atoms with E-state index in [4.69, 9.17) is 9.47 Å². The van der Waals surface area contributed by atoms with Crippen molar-refractivity contribution >= 4 is 35.6 Å². The summed E-state index contributed by atoms with van der Waals surface area (Å²) < 4.78 is 24.8. The number of carbonyl (C=O) groups is 4. The van der Waals surface area contributed by atoms with Crippen molar-refractivity contribution < 1.29 is 38.1 Å². The van der Waals surface area contributed by atoms with E-state index in [2.05, 4.69) is 5.32 Å². The molecule has 1 saturated heterocycles. The van der Waals surface area contributed by atoms with Crippen molar-refractivity contribution in [2.45, 2.75) is 6.61 Å². The summed E-state index contributed by atoms with van der Waals surface area (Å²) in [4.78, 5) is 49.2. The maximum Gasteiger partial charge on any atom is 0.335 e. The summed E-state index contributed by atoms with van der Waals surface area (Å²) in [6.45, 7) is 0.121. The van der Waals surface area contributed by atoms with Gasteiger partial charge in [-0.1, -0.05) is 36.4 Å². The summed E-state index contributed by atoms with van der Waals surface area (Å²) in [5.74, 6) is -3.06. The number of anilines is 1. The summed E-state index contributed by atoms with van der Waals surface area (Å²) >= 11 is 0. The van der Waals surface area contributed by atoms with Gasteiger partial charge in [-0.25, -0.2) is 14.1 Å². The number of benzene rings is 3. The van der Waals surface area contributed by atoms with Gasteiger partial charge in [0.2, 0.25) is 0 Å². The molecule has 4 amide bonds. The van der Waals surface area contributed by atoms with Crippen LogP contribution in [0.15, 0.2) is 72.3 Å². The molecule has 0 spiro atoms. The van der Waals surface area contributed by atoms with Gasteiger partial charge in [0.05, 0.1) is 18.8 Å². The molecule has 9 nitrogen and oxygen atoms in total. The van der Waals surface area contributed by atoms with Crippen LogP contribution < -0.4 is 24.8 Å². The number of halogens is 1. The van der Waals surface area contributed by atoms with Gasteiger partial charge in [0, 0.05) is 0 Å². The molecule has 0 bridgehead atoms. The Bertz CT molecular complexity index is 1400. The van der Waals surface area contributed by atoms with E-state index in [-0.39, 0.29) is 23.4 Å². The van der Waals surface area contributed by atoms with E-state index in [1.807, 2.05) is 0 Å². The van der Waals surface area contributed by atoms with Crippen molar-refractivity contribution in [3.8, 4) is 11.5 Å². The molecule has 1 N–H and O–H groups in total. The van der Waals surface area contributed by atoms with Crippen LogP contribution in [0.2, 0.25) is 0 Å². The number of hydrogen-bond acceptors (Lipinski definition) is 7. The molecule has 10 heteroatoms. The van der Waals surface area contributed by atoms with Crippen LogP contribution >= 0.6 is 0 Å². The second-order valence-electron chi connectivity index (χ2n) is 7.62. The summed E-state index contributed by atoms with van der Waals surface area (Å²) in [5, 5.41) is 12.9. The maximum atomic E-state index is 13.6. The minimum atomic E-state index is -1.28. The number of amides is 4. The molecule has 0 saturated carbocycles. The van der Waals surface area contributed by atoms with Crippen molar-refractivity contribution in [3.05, 3.63) is 94.8 Å². The summed E-state index contributed by atoms with van der Waals surface area (Å²) in [6.07, 6.45) is 1.28. The molecule has 0 radical (unpaired) electrons.